The maximum absolute atomic E-state index is 11.3. The Hall–Kier alpha value is -1.85. The van der Waals surface area contributed by atoms with E-state index in [1.807, 2.05) is 4.90 Å². The van der Waals surface area contributed by atoms with Gasteiger partial charge in [0.05, 0.1) is 5.92 Å². The predicted molar refractivity (Wildman–Crippen MR) is 62.2 cm³/mol. The van der Waals surface area contributed by atoms with Crippen molar-refractivity contribution in [1.82, 2.24) is 9.97 Å². The van der Waals surface area contributed by atoms with Gasteiger partial charge in [0.15, 0.2) is 0 Å². The fraction of sp³-hybridized carbons (Fsp3) is 0.545. The van der Waals surface area contributed by atoms with E-state index in [0.29, 0.717) is 24.6 Å². The van der Waals surface area contributed by atoms with Crippen LogP contribution in [0.4, 0.5) is 5.82 Å². The van der Waals surface area contributed by atoms with Crippen LogP contribution in [0.5, 0.6) is 0 Å². The first-order chi connectivity index (χ1) is 8.06. The van der Waals surface area contributed by atoms with Crippen molar-refractivity contribution in [2.24, 2.45) is 5.92 Å². The Labute approximate surface area is 98.3 Å². The summed E-state index contributed by atoms with van der Waals surface area (Å²) >= 11 is 0. The number of aliphatic carboxylic acids is 1. The highest BCUT2D eigenvalue weighted by Crippen LogP contribution is 2.20. The van der Waals surface area contributed by atoms with Crippen LogP contribution in [0.1, 0.15) is 18.7 Å². The molecule has 17 heavy (non-hydrogen) atoms. The number of H-pyrrole nitrogens is 1. The van der Waals surface area contributed by atoms with Crippen molar-refractivity contribution < 1.29 is 9.90 Å². The molecule has 0 bridgehead atoms. The average Bonchev–Trinajstić information content (AvgIpc) is 2.28. The van der Waals surface area contributed by atoms with Crippen LogP contribution in [-0.2, 0) is 4.79 Å². The van der Waals surface area contributed by atoms with Crippen LogP contribution < -0.4 is 10.5 Å². The highest BCUT2D eigenvalue weighted by atomic mass is 16.4. The highest BCUT2D eigenvalue weighted by molar-refractivity contribution is 5.71. The summed E-state index contributed by atoms with van der Waals surface area (Å²) in [4.78, 5) is 30.9. The Morgan fingerprint density at radius 2 is 2.41 bits per heavy atom. The molecule has 0 radical (unpaired) electrons. The second-order valence-corrected chi connectivity index (χ2v) is 4.31. The van der Waals surface area contributed by atoms with Crippen molar-refractivity contribution in [3.05, 3.63) is 22.2 Å². The van der Waals surface area contributed by atoms with Gasteiger partial charge in [0.1, 0.15) is 11.6 Å². The van der Waals surface area contributed by atoms with Crippen LogP contribution in [-0.4, -0.2) is 34.1 Å². The lowest BCUT2D eigenvalue weighted by Crippen LogP contribution is -2.39. The van der Waals surface area contributed by atoms with E-state index in [0.717, 1.165) is 13.0 Å². The van der Waals surface area contributed by atoms with Gasteiger partial charge in [0.25, 0.3) is 5.56 Å². The summed E-state index contributed by atoms with van der Waals surface area (Å²) in [5.41, 5.74) is -0.204. The van der Waals surface area contributed by atoms with E-state index in [2.05, 4.69) is 9.97 Å². The van der Waals surface area contributed by atoms with Crippen molar-refractivity contribution in [3.63, 3.8) is 0 Å². The topological polar surface area (TPSA) is 86.3 Å². The molecule has 0 spiro atoms. The molecule has 1 aromatic rings. The van der Waals surface area contributed by atoms with Gasteiger partial charge in [-0.25, -0.2) is 4.98 Å². The molecule has 1 fully saturated rings. The number of carboxylic acids is 1. The highest BCUT2D eigenvalue weighted by Gasteiger charge is 2.26. The number of anilines is 1. The number of nitrogens with zero attached hydrogens (tertiary/aromatic N) is 2. The monoisotopic (exact) mass is 237 g/mol. The zero-order chi connectivity index (χ0) is 12.4. The Balaban J connectivity index is 2.21. The number of aryl methyl sites for hydroxylation is 1. The second-order valence-electron chi connectivity index (χ2n) is 4.31. The van der Waals surface area contributed by atoms with Crippen LogP contribution in [0.15, 0.2) is 10.9 Å². The summed E-state index contributed by atoms with van der Waals surface area (Å²) in [6.07, 6.45) is 1.50. The maximum atomic E-state index is 11.3. The summed E-state index contributed by atoms with van der Waals surface area (Å²) < 4.78 is 0. The number of aromatic amines is 1. The summed E-state index contributed by atoms with van der Waals surface area (Å²) in [5.74, 6) is -0.0384. The molecule has 1 atom stereocenters. The molecule has 1 aromatic heterocycles. The zero-order valence-electron chi connectivity index (χ0n) is 9.64. The van der Waals surface area contributed by atoms with Gasteiger partial charge in [-0.1, -0.05) is 0 Å². The molecule has 2 N–H and O–H groups in total. The standard InChI is InChI=1S/C11H15N3O3/c1-7-12-9(5-10(15)13-7)14-4-2-3-8(6-14)11(16)17/h5,8H,2-4,6H2,1H3,(H,16,17)(H,12,13,15)/t8-/m1/s1. The maximum Gasteiger partial charge on any atom is 0.308 e. The molecule has 0 aliphatic carbocycles. The van der Waals surface area contributed by atoms with Gasteiger partial charge < -0.3 is 15.0 Å². The lowest BCUT2D eigenvalue weighted by atomic mass is 9.98. The summed E-state index contributed by atoms with van der Waals surface area (Å²) in [5, 5.41) is 9.00. The molecule has 6 nitrogen and oxygen atoms in total. The Bertz CT molecular complexity index is 483. The molecule has 1 aliphatic heterocycles. The SMILES string of the molecule is Cc1nc(N2CCC[C@@H](C(=O)O)C2)cc(=O)[nH]1. The van der Waals surface area contributed by atoms with Crippen molar-refractivity contribution in [1.29, 1.82) is 0 Å². The smallest absolute Gasteiger partial charge is 0.308 e. The van der Waals surface area contributed by atoms with Crippen molar-refractivity contribution in [2.45, 2.75) is 19.8 Å². The minimum Gasteiger partial charge on any atom is -0.481 e. The minimum absolute atomic E-state index is 0.204. The van der Waals surface area contributed by atoms with E-state index in [-0.39, 0.29) is 11.5 Å². The summed E-state index contributed by atoms with van der Waals surface area (Å²) in [6, 6.07) is 1.41. The molecule has 1 saturated heterocycles. The number of aromatic nitrogens is 2. The third kappa shape index (κ3) is 2.64. The summed E-state index contributed by atoms with van der Waals surface area (Å²) in [6.45, 7) is 2.88. The first-order valence-electron chi connectivity index (χ1n) is 5.62. The van der Waals surface area contributed by atoms with Gasteiger partial charge in [-0.15, -0.1) is 0 Å². The number of hydrogen-bond donors (Lipinski definition) is 2. The van der Waals surface area contributed by atoms with Crippen LogP contribution in [0, 0.1) is 12.8 Å². The molecule has 0 saturated carbocycles. The zero-order valence-corrected chi connectivity index (χ0v) is 9.64. The molecule has 92 valence electrons. The first-order valence-corrected chi connectivity index (χ1v) is 5.62. The largest absolute Gasteiger partial charge is 0.481 e. The van der Waals surface area contributed by atoms with Gasteiger partial charge in [0.2, 0.25) is 0 Å². The van der Waals surface area contributed by atoms with E-state index in [1.54, 1.807) is 6.92 Å². The average molecular weight is 237 g/mol. The van der Waals surface area contributed by atoms with Gasteiger partial charge in [-0.3, -0.25) is 9.59 Å². The van der Waals surface area contributed by atoms with Crippen LogP contribution in [0.3, 0.4) is 0 Å². The fourth-order valence-electron chi connectivity index (χ4n) is 2.11. The molecule has 2 heterocycles. The van der Waals surface area contributed by atoms with Crippen molar-refractivity contribution >= 4 is 11.8 Å². The van der Waals surface area contributed by atoms with Crippen LogP contribution >= 0.6 is 0 Å². The van der Waals surface area contributed by atoms with E-state index in [4.69, 9.17) is 5.11 Å². The number of piperidine rings is 1. The fourth-order valence-corrected chi connectivity index (χ4v) is 2.11. The van der Waals surface area contributed by atoms with E-state index < -0.39 is 5.97 Å². The first kappa shape index (κ1) is 11.6. The predicted octanol–water partition coefficient (Wildman–Crippen LogP) is 0.379. The molecule has 2 rings (SSSR count). The number of carboxylic acid groups (broad SMARTS) is 1. The molecule has 0 unspecified atom stereocenters. The van der Waals surface area contributed by atoms with Gasteiger partial charge in [-0.2, -0.15) is 0 Å². The molecule has 0 amide bonds. The minimum atomic E-state index is -0.781. The third-order valence-corrected chi connectivity index (χ3v) is 2.94. The number of rotatable bonds is 2. The van der Waals surface area contributed by atoms with Gasteiger partial charge in [-0.05, 0) is 19.8 Å². The quantitative estimate of drug-likeness (QED) is 0.776. The van der Waals surface area contributed by atoms with E-state index in [1.165, 1.54) is 6.07 Å². The molecular weight excluding hydrogens is 222 g/mol. The Kier molecular flexibility index (Phi) is 3.12. The molecule has 0 aromatic carbocycles. The Morgan fingerprint density at radius 3 is 3.06 bits per heavy atom. The normalized spacial score (nSPS) is 20.3. The van der Waals surface area contributed by atoms with E-state index >= 15 is 0 Å². The number of hydrogen-bond acceptors (Lipinski definition) is 4. The molecule has 6 heteroatoms. The molecular formula is C11H15N3O3. The number of nitrogens with one attached hydrogen (secondary N) is 1. The third-order valence-electron chi connectivity index (χ3n) is 2.94. The lowest BCUT2D eigenvalue weighted by molar-refractivity contribution is -0.141. The van der Waals surface area contributed by atoms with Gasteiger partial charge >= 0.3 is 5.97 Å². The number of carbonyl (C=O) groups is 1. The van der Waals surface area contributed by atoms with Crippen molar-refractivity contribution in [3.8, 4) is 0 Å². The lowest BCUT2D eigenvalue weighted by Gasteiger charge is -2.31. The van der Waals surface area contributed by atoms with Crippen molar-refractivity contribution in [2.75, 3.05) is 18.0 Å². The van der Waals surface area contributed by atoms with Gasteiger partial charge in [0, 0.05) is 19.2 Å². The van der Waals surface area contributed by atoms with Crippen LogP contribution in [0.2, 0.25) is 0 Å². The van der Waals surface area contributed by atoms with Crippen LogP contribution in [0.25, 0.3) is 0 Å². The summed E-state index contributed by atoms with van der Waals surface area (Å²) in [7, 11) is 0. The van der Waals surface area contributed by atoms with E-state index in [9.17, 15) is 9.59 Å². The molecule has 1 aliphatic rings. The Morgan fingerprint density at radius 1 is 1.65 bits per heavy atom. The second kappa shape index (κ2) is 4.57.